The van der Waals surface area contributed by atoms with E-state index in [1.165, 1.54) is 16.9 Å². The number of rotatable bonds is 5. The van der Waals surface area contributed by atoms with Crippen molar-refractivity contribution < 1.29 is 0 Å². The van der Waals surface area contributed by atoms with Crippen LogP contribution in [0.3, 0.4) is 0 Å². The largest absolute Gasteiger partial charge is 0.357 e. The monoisotopic (exact) mass is 340 g/mol. The second-order valence-corrected chi connectivity index (χ2v) is 6.09. The van der Waals surface area contributed by atoms with Crippen LogP contribution in [0, 0.1) is 0 Å². The van der Waals surface area contributed by atoms with E-state index in [9.17, 15) is 0 Å². The van der Waals surface area contributed by atoms with Crippen LogP contribution in [0.25, 0.3) is 11.3 Å². The molecule has 0 fully saturated rings. The minimum Gasteiger partial charge on any atom is -0.357 e. The average Bonchev–Trinajstić information content (AvgIpc) is 3.09. The Hall–Kier alpha value is -2.44. The Kier molecular flexibility index (Phi) is 5.18. The summed E-state index contributed by atoms with van der Waals surface area (Å²) in [6.07, 6.45) is 0. The molecule has 0 bridgehead atoms. The first kappa shape index (κ1) is 15.5. The molecule has 4 nitrogen and oxygen atoms in total. The van der Waals surface area contributed by atoms with E-state index in [2.05, 4.69) is 33.3 Å². The molecule has 0 spiro atoms. The molecular weight excluding hydrogens is 324 g/mol. The lowest BCUT2D eigenvalue weighted by atomic mass is 10.2. The normalized spacial score (nSPS) is 10.1. The molecule has 3 rings (SSSR count). The Morgan fingerprint density at radius 1 is 1.00 bits per heavy atom. The summed E-state index contributed by atoms with van der Waals surface area (Å²) in [5.41, 5.74) is 9.20. The predicted molar refractivity (Wildman–Crippen MR) is 100 cm³/mol. The molecule has 0 amide bonds. The van der Waals surface area contributed by atoms with Gasteiger partial charge in [0.2, 0.25) is 5.13 Å². The highest BCUT2D eigenvalue weighted by molar-refractivity contribution is 7.80. The maximum Gasteiger partial charge on any atom is 0.202 e. The van der Waals surface area contributed by atoms with Crippen LogP contribution in [0.1, 0.15) is 5.56 Å². The number of hydrogen-bond acceptors (Lipinski definition) is 4. The summed E-state index contributed by atoms with van der Waals surface area (Å²) in [6.45, 7) is 0.682. The predicted octanol–water partition coefficient (Wildman–Crippen LogP) is 3.80. The lowest BCUT2D eigenvalue weighted by Crippen LogP contribution is -2.38. The molecule has 0 aliphatic carbocycles. The molecule has 0 aliphatic rings. The van der Waals surface area contributed by atoms with Crippen LogP contribution in [0.4, 0.5) is 5.13 Å². The summed E-state index contributed by atoms with van der Waals surface area (Å²) in [5.74, 6) is 0. The highest BCUT2D eigenvalue weighted by Crippen LogP contribution is 2.23. The smallest absolute Gasteiger partial charge is 0.202 e. The molecule has 1 aromatic heterocycles. The zero-order valence-electron chi connectivity index (χ0n) is 12.3. The van der Waals surface area contributed by atoms with Crippen LogP contribution in [0.2, 0.25) is 0 Å². The molecule has 1 heterocycles. The van der Waals surface area contributed by atoms with Gasteiger partial charge in [-0.15, -0.1) is 11.3 Å². The molecule has 0 atom stereocenters. The minimum absolute atomic E-state index is 0.533. The van der Waals surface area contributed by atoms with E-state index in [0.717, 1.165) is 16.4 Å². The van der Waals surface area contributed by atoms with Crippen molar-refractivity contribution in [1.82, 2.24) is 15.7 Å². The number of hydrogen-bond donors (Lipinski definition) is 3. The first-order chi connectivity index (χ1) is 11.3. The van der Waals surface area contributed by atoms with E-state index in [1.54, 1.807) is 0 Å². The minimum atomic E-state index is 0.533. The van der Waals surface area contributed by atoms with E-state index < -0.39 is 0 Å². The maximum absolute atomic E-state index is 5.24. The van der Waals surface area contributed by atoms with Crippen molar-refractivity contribution in [3.05, 3.63) is 71.6 Å². The number of aromatic nitrogens is 1. The van der Waals surface area contributed by atoms with Gasteiger partial charge in [0.15, 0.2) is 5.11 Å². The number of thiazole rings is 1. The van der Waals surface area contributed by atoms with Gasteiger partial charge < -0.3 is 5.32 Å². The molecule has 116 valence electrons. The van der Waals surface area contributed by atoms with Gasteiger partial charge in [0.1, 0.15) is 0 Å². The van der Waals surface area contributed by atoms with Crippen LogP contribution >= 0.6 is 23.6 Å². The van der Waals surface area contributed by atoms with Crippen molar-refractivity contribution in [1.29, 1.82) is 0 Å². The quantitative estimate of drug-likeness (QED) is 0.487. The molecule has 6 heteroatoms. The summed E-state index contributed by atoms with van der Waals surface area (Å²) in [6, 6.07) is 20.2. The fourth-order valence-corrected chi connectivity index (χ4v) is 2.80. The first-order valence-electron chi connectivity index (χ1n) is 7.16. The van der Waals surface area contributed by atoms with Crippen molar-refractivity contribution in [3.63, 3.8) is 0 Å². The van der Waals surface area contributed by atoms with E-state index in [-0.39, 0.29) is 0 Å². The van der Waals surface area contributed by atoms with Crippen LogP contribution < -0.4 is 16.2 Å². The van der Waals surface area contributed by atoms with Gasteiger partial charge >= 0.3 is 0 Å². The Balaban J connectivity index is 1.49. The topological polar surface area (TPSA) is 49.0 Å². The van der Waals surface area contributed by atoms with Crippen molar-refractivity contribution in [2.45, 2.75) is 6.54 Å². The number of hydrazine groups is 1. The second-order valence-electron chi connectivity index (χ2n) is 4.82. The number of nitrogens with one attached hydrogen (secondary N) is 3. The molecule has 2 aromatic carbocycles. The zero-order valence-corrected chi connectivity index (χ0v) is 14.0. The van der Waals surface area contributed by atoms with E-state index >= 15 is 0 Å². The number of nitrogens with zero attached hydrogens (tertiary/aromatic N) is 1. The van der Waals surface area contributed by atoms with Gasteiger partial charge in [-0.25, -0.2) is 4.98 Å². The van der Waals surface area contributed by atoms with Gasteiger partial charge in [-0.3, -0.25) is 10.9 Å². The fraction of sp³-hybridized carbons (Fsp3) is 0.0588. The van der Waals surface area contributed by atoms with Crippen LogP contribution in [-0.4, -0.2) is 10.1 Å². The molecule has 0 radical (unpaired) electrons. The van der Waals surface area contributed by atoms with Crippen molar-refractivity contribution in [2.24, 2.45) is 0 Å². The zero-order chi connectivity index (χ0) is 15.9. The van der Waals surface area contributed by atoms with E-state index in [4.69, 9.17) is 12.2 Å². The molecule has 0 saturated carbocycles. The average molecular weight is 340 g/mol. The Bertz CT molecular complexity index is 757. The van der Waals surface area contributed by atoms with Gasteiger partial charge in [0, 0.05) is 17.5 Å². The summed E-state index contributed by atoms with van der Waals surface area (Å²) >= 11 is 6.77. The number of thiocarbonyl (C=S) groups is 1. The summed E-state index contributed by atoms with van der Waals surface area (Å²) in [5, 5.41) is 6.46. The van der Waals surface area contributed by atoms with Gasteiger partial charge in [-0.2, -0.15) is 0 Å². The molecule has 0 saturated heterocycles. The summed E-state index contributed by atoms with van der Waals surface area (Å²) in [7, 11) is 0. The van der Waals surface area contributed by atoms with Gasteiger partial charge in [-0.1, -0.05) is 60.7 Å². The lowest BCUT2D eigenvalue weighted by molar-refractivity contribution is 0.885. The third kappa shape index (κ3) is 4.51. The summed E-state index contributed by atoms with van der Waals surface area (Å²) < 4.78 is 0. The van der Waals surface area contributed by atoms with Crippen LogP contribution in [0.15, 0.2) is 66.0 Å². The van der Waals surface area contributed by atoms with Crippen molar-refractivity contribution >= 4 is 33.8 Å². The van der Waals surface area contributed by atoms with Gasteiger partial charge in [0.05, 0.1) is 5.69 Å². The first-order valence-corrected chi connectivity index (χ1v) is 8.45. The Morgan fingerprint density at radius 3 is 2.43 bits per heavy atom. The molecule has 0 unspecified atom stereocenters. The SMILES string of the molecule is S=C(NCc1ccccc1)NNc1nc(-c2ccccc2)cs1. The van der Waals surface area contributed by atoms with E-state index in [1.807, 2.05) is 53.9 Å². The Labute approximate surface area is 144 Å². The molecule has 0 aliphatic heterocycles. The summed E-state index contributed by atoms with van der Waals surface area (Å²) in [4.78, 5) is 4.53. The third-order valence-electron chi connectivity index (χ3n) is 3.15. The molecule has 3 N–H and O–H groups in total. The highest BCUT2D eigenvalue weighted by atomic mass is 32.1. The maximum atomic E-state index is 5.24. The van der Waals surface area contributed by atoms with Gasteiger partial charge in [0.25, 0.3) is 0 Å². The molecular formula is C17H16N4S2. The third-order valence-corrected chi connectivity index (χ3v) is 4.16. The molecule has 23 heavy (non-hydrogen) atoms. The number of benzene rings is 2. The van der Waals surface area contributed by atoms with Crippen LogP contribution in [-0.2, 0) is 6.54 Å². The molecule has 3 aromatic rings. The lowest BCUT2D eigenvalue weighted by Gasteiger charge is -2.10. The Morgan fingerprint density at radius 2 is 1.70 bits per heavy atom. The van der Waals surface area contributed by atoms with Crippen molar-refractivity contribution in [3.8, 4) is 11.3 Å². The fourth-order valence-electron chi connectivity index (χ4n) is 2.01. The van der Waals surface area contributed by atoms with Crippen molar-refractivity contribution in [2.75, 3.05) is 5.43 Å². The standard InChI is InChI=1S/C17H16N4S2/c22-16(18-11-13-7-3-1-4-8-13)20-21-17-19-15(12-23-17)14-9-5-2-6-10-14/h1-10,12H,11H2,(H,19,21)(H2,18,20,22). The van der Waals surface area contributed by atoms with Gasteiger partial charge in [-0.05, 0) is 17.8 Å². The highest BCUT2D eigenvalue weighted by Gasteiger charge is 2.04. The number of anilines is 1. The second kappa shape index (κ2) is 7.71. The van der Waals surface area contributed by atoms with Crippen LogP contribution in [0.5, 0.6) is 0 Å². The van der Waals surface area contributed by atoms with E-state index in [0.29, 0.717) is 11.7 Å².